The highest BCUT2D eigenvalue weighted by Gasteiger charge is 2.14. The van der Waals surface area contributed by atoms with Gasteiger partial charge in [0.25, 0.3) is 0 Å². The van der Waals surface area contributed by atoms with E-state index in [2.05, 4.69) is 41.6 Å². The van der Waals surface area contributed by atoms with E-state index in [9.17, 15) is 4.39 Å². The first kappa shape index (κ1) is 23.9. The van der Waals surface area contributed by atoms with E-state index in [1.165, 1.54) is 22.8 Å². The van der Waals surface area contributed by atoms with Gasteiger partial charge >= 0.3 is 11.9 Å². The van der Waals surface area contributed by atoms with Crippen LogP contribution in [0.15, 0.2) is 66.0 Å². The maximum Gasteiger partial charge on any atom is 0.414 e. The van der Waals surface area contributed by atoms with Crippen molar-refractivity contribution in [1.29, 1.82) is 0 Å². The number of rotatable bonds is 5. The van der Waals surface area contributed by atoms with Crippen LogP contribution in [-0.2, 0) is 21.9 Å². The summed E-state index contributed by atoms with van der Waals surface area (Å²) in [5.41, 5.74) is 6.11. The van der Waals surface area contributed by atoms with Gasteiger partial charge in [-0.05, 0) is 48.7 Å². The monoisotopic (exact) mass is 467 g/mol. The fraction of sp³-hybridized carbons (Fsp3) is 0.167. The lowest BCUT2D eigenvalue weighted by Crippen LogP contribution is -2.09. The molecule has 0 saturated heterocycles. The van der Waals surface area contributed by atoms with Crippen LogP contribution in [0.1, 0.15) is 22.3 Å². The molecule has 33 heavy (non-hydrogen) atoms. The third-order valence-electron chi connectivity index (χ3n) is 4.80. The van der Waals surface area contributed by atoms with Crippen LogP contribution >= 0.6 is 11.8 Å². The smallest absolute Gasteiger partial charge is 0.414 e. The molecule has 0 aliphatic heterocycles. The minimum atomic E-state index is -1.82. The summed E-state index contributed by atoms with van der Waals surface area (Å²) < 4.78 is 16.1. The normalized spacial score (nSPS) is 10.5. The molecule has 0 saturated carbocycles. The Bertz CT molecular complexity index is 1290. The van der Waals surface area contributed by atoms with Crippen molar-refractivity contribution in [3.05, 3.63) is 88.9 Å². The Morgan fingerprint density at radius 2 is 1.73 bits per heavy atom. The van der Waals surface area contributed by atoms with Gasteiger partial charge in [0.2, 0.25) is 0 Å². The van der Waals surface area contributed by atoms with E-state index in [1.54, 1.807) is 24.0 Å². The molecule has 2 aromatic carbocycles. The van der Waals surface area contributed by atoms with Crippen molar-refractivity contribution in [3.8, 4) is 0 Å². The molecular formula is C24H22FN3O4S. The Balaban J connectivity index is 0.000000454. The van der Waals surface area contributed by atoms with Gasteiger partial charge in [0, 0.05) is 11.9 Å². The fourth-order valence-electron chi connectivity index (χ4n) is 3.09. The van der Waals surface area contributed by atoms with Crippen molar-refractivity contribution < 1.29 is 24.2 Å². The van der Waals surface area contributed by atoms with Crippen molar-refractivity contribution in [2.24, 2.45) is 0 Å². The molecule has 0 spiro atoms. The van der Waals surface area contributed by atoms with E-state index in [-0.39, 0.29) is 5.82 Å². The average molecular weight is 468 g/mol. The molecule has 4 rings (SSSR count). The van der Waals surface area contributed by atoms with Crippen LogP contribution in [0.25, 0.3) is 11.2 Å². The predicted molar refractivity (Wildman–Crippen MR) is 124 cm³/mol. The van der Waals surface area contributed by atoms with Gasteiger partial charge in [0.1, 0.15) is 11.3 Å². The number of hydrogen-bond donors (Lipinski definition) is 2. The number of carboxylic acid groups (broad SMARTS) is 2. The zero-order valence-corrected chi connectivity index (χ0v) is 18.8. The highest BCUT2D eigenvalue weighted by molar-refractivity contribution is 7.98. The molecule has 0 aliphatic rings. The van der Waals surface area contributed by atoms with E-state index in [4.69, 9.17) is 24.8 Å². The molecule has 7 nitrogen and oxygen atoms in total. The first-order valence-corrected chi connectivity index (χ1v) is 10.9. The van der Waals surface area contributed by atoms with Gasteiger partial charge in [0.15, 0.2) is 10.8 Å². The van der Waals surface area contributed by atoms with Gasteiger partial charge in [0.05, 0.1) is 6.54 Å². The summed E-state index contributed by atoms with van der Waals surface area (Å²) in [4.78, 5) is 27.5. The standard InChI is InChI=1S/C22H20FN3S.C2H2O4/c1-15-9-10-16(2)18(12-15)13-26-21-20(8-5-11-24-21)25-22(26)27-14-17-6-3-4-7-19(17)23;3-1(4)2(5)6/h3-12H,13-14H2,1-2H3;(H,3,4)(H,5,6). The van der Waals surface area contributed by atoms with Crippen molar-refractivity contribution >= 4 is 34.9 Å². The van der Waals surface area contributed by atoms with Gasteiger partial charge in [-0.15, -0.1) is 0 Å². The Hall–Kier alpha value is -3.72. The average Bonchev–Trinajstić information content (AvgIpc) is 3.13. The van der Waals surface area contributed by atoms with Crippen LogP contribution in [0.3, 0.4) is 0 Å². The number of benzene rings is 2. The van der Waals surface area contributed by atoms with Gasteiger partial charge in [-0.2, -0.15) is 0 Å². The van der Waals surface area contributed by atoms with E-state index < -0.39 is 11.9 Å². The number of aliphatic carboxylic acids is 2. The third-order valence-corrected chi connectivity index (χ3v) is 5.82. The third kappa shape index (κ3) is 6.17. The summed E-state index contributed by atoms with van der Waals surface area (Å²) in [7, 11) is 0. The number of aromatic nitrogens is 3. The van der Waals surface area contributed by atoms with E-state index in [0.717, 1.165) is 16.3 Å². The lowest BCUT2D eigenvalue weighted by molar-refractivity contribution is -0.159. The molecular weight excluding hydrogens is 445 g/mol. The van der Waals surface area contributed by atoms with Crippen molar-refractivity contribution in [3.63, 3.8) is 0 Å². The second kappa shape index (κ2) is 10.7. The predicted octanol–water partition coefficient (Wildman–Crippen LogP) is 4.68. The highest BCUT2D eigenvalue weighted by Crippen LogP contribution is 2.28. The second-order valence-electron chi connectivity index (χ2n) is 7.25. The van der Waals surface area contributed by atoms with Gasteiger partial charge in [-0.3, -0.25) is 4.57 Å². The Morgan fingerprint density at radius 3 is 2.42 bits per heavy atom. The number of nitrogens with zero attached hydrogens (tertiary/aromatic N) is 3. The quantitative estimate of drug-likeness (QED) is 0.324. The molecule has 0 radical (unpaired) electrons. The van der Waals surface area contributed by atoms with Crippen LogP contribution in [0.2, 0.25) is 0 Å². The number of aryl methyl sites for hydroxylation is 2. The van der Waals surface area contributed by atoms with Crippen LogP contribution in [-0.4, -0.2) is 36.7 Å². The van der Waals surface area contributed by atoms with Gasteiger partial charge in [-0.25, -0.2) is 23.9 Å². The molecule has 2 heterocycles. The molecule has 0 amide bonds. The first-order valence-electron chi connectivity index (χ1n) is 9.96. The number of imidazole rings is 1. The molecule has 2 N–H and O–H groups in total. The number of fused-ring (bicyclic) bond motifs is 1. The zero-order chi connectivity index (χ0) is 24.0. The molecule has 2 aromatic heterocycles. The van der Waals surface area contributed by atoms with Gasteiger partial charge < -0.3 is 10.2 Å². The van der Waals surface area contributed by atoms with Crippen molar-refractivity contribution in [2.75, 3.05) is 0 Å². The Labute approximate surface area is 193 Å². The van der Waals surface area contributed by atoms with Crippen molar-refractivity contribution in [2.45, 2.75) is 31.3 Å². The second-order valence-corrected chi connectivity index (χ2v) is 8.19. The number of thioether (sulfide) groups is 1. The van der Waals surface area contributed by atoms with E-state index in [0.29, 0.717) is 17.9 Å². The van der Waals surface area contributed by atoms with Crippen LogP contribution in [0.4, 0.5) is 4.39 Å². The molecule has 0 fully saturated rings. The molecule has 0 atom stereocenters. The number of carboxylic acids is 2. The minimum Gasteiger partial charge on any atom is -0.473 e. The minimum absolute atomic E-state index is 0.180. The Morgan fingerprint density at radius 1 is 1.00 bits per heavy atom. The lowest BCUT2D eigenvalue weighted by Gasteiger charge is -2.12. The molecule has 9 heteroatoms. The largest absolute Gasteiger partial charge is 0.473 e. The number of halogens is 1. The Kier molecular flexibility index (Phi) is 7.78. The van der Waals surface area contributed by atoms with Crippen LogP contribution in [0, 0.1) is 19.7 Å². The maximum absolute atomic E-state index is 14.0. The summed E-state index contributed by atoms with van der Waals surface area (Å²) in [5, 5.41) is 15.6. The lowest BCUT2D eigenvalue weighted by atomic mass is 10.1. The molecule has 0 bridgehead atoms. The number of pyridine rings is 1. The summed E-state index contributed by atoms with van der Waals surface area (Å²) in [5.74, 6) is -3.30. The molecule has 0 unspecified atom stereocenters. The molecule has 4 aromatic rings. The summed E-state index contributed by atoms with van der Waals surface area (Å²) in [6.45, 7) is 4.91. The molecule has 170 valence electrons. The van der Waals surface area contributed by atoms with E-state index in [1.807, 2.05) is 24.3 Å². The summed E-state index contributed by atoms with van der Waals surface area (Å²) in [6, 6.07) is 17.2. The fourth-order valence-corrected chi connectivity index (χ4v) is 4.08. The molecule has 0 aliphatic carbocycles. The van der Waals surface area contributed by atoms with Crippen LogP contribution in [0.5, 0.6) is 0 Å². The topological polar surface area (TPSA) is 105 Å². The highest BCUT2D eigenvalue weighted by atomic mass is 32.2. The van der Waals surface area contributed by atoms with Crippen molar-refractivity contribution in [1.82, 2.24) is 14.5 Å². The van der Waals surface area contributed by atoms with Gasteiger partial charge in [-0.1, -0.05) is 53.7 Å². The maximum atomic E-state index is 14.0. The zero-order valence-electron chi connectivity index (χ0n) is 18.0. The summed E-state index contributed by atoms with van der Waals surface area (Å²) >= 11 is 1.54. The first-order chi connectivity index (χ1) is 15.8. The summed E-state index contributed by atoms with van der Waals surface area (Å²) in [6.07, 6.45) is 1.79. The number of hydrogen-bond acceptors (Lipinski definition) is 5. The number of carbonyl (C=O) groups is 2. The van der Waals surface area contributed by atoms with Crippen LogP contribution < -0.4 is 0 Å². The van der Waals surface area contributed by atoms with E-state index >= 15 is 0 Å². The SMILES string of the molecule is Cc1ccc(C)c(Cn2c(SCc3ccccc3F)nc3cccnc32)c1.O=C(O)C(=O)O.